The summed E-state index contributed by atoms with van der Waals surface area (Å²) in [5, 5.41) is 2.10. The topological polar surface area (TPSA) is 65.1 Å². The summed E-state index contributed by atoms with van der Waals surface area (Å²) in [6, 6.07) is 20.3. The van der Waals surface area contributed by atoms with E-state index in [2.05, 4.69) is 45.0 Å². The van der Waals surface area contributed by atoms with Crippen LogP contribution >= 0.6 is 0 Å². The molecule has 0 aliphatic carbocycles. The van der Waals surface area contributed by atoms with Crippen LogP contribution in [0.4, 0.5) is 4.79 Å². The fourth-order valence-electron chi connectivity index (χ4n) is 4.62. The number of esters is 1. The molecule has 0 bridgehead atoms. The molecule has 1 heterocycles. The lowest BCUT2D eigenvalue weighted by molar-refractivity contribution is -0.138. The van der Waals surface area contributed by atoms with Crippen LogP contribution in [0.2, 0.25) is 5.04 Å². The molecule has 0 saturated heterocycles. The monoisotopic (exact) mass is 495 g/mol. The molecule has 3 rings (SSSR count). The number of nitrogens with zero attached hydrogens (tertiary/aromatic N) is 1. The summed E-state index contributed by atoms with van der Waals surface area (Å²) in [6.45, 7) is 12.3. The van der Waals surface area contributed by atoms with Crippen LogP contribution in [0.5, 0.6) is 0 Å². The molecule has 1 atom stereocenters. The number of hydrogen-bond acceptors (Lipinski definition) is 5. The lowest BCUT2D eigenvalue weighted by atomic mass is 10.2. The Bertz CT molecular complexity index is 1010. The summed E-state index contributed by atoms with van der Waals surface area (Å²) in [4.78, 5) is 27.0. The summed E-state index contributed by atoms with van der Waals surface area (Å²) in [5.41, 5.74) is -0.512. The van der Waals surface area contributed by atoms with Crippen molar-refractivity contribution < 1.29 is 23.5 Å². The van der Waals surface area contributed by atoms with Crippen LogP contribution in [-0.4, -0.2) is 50.6 Å². The SMILES string of the molecule is COC(=O)C1=CC[C@@H](CO[Si](c2ccccc2)(c2ccccc2)C(C)(C)C)N1C(=O)OC(C)(C)C. The van der Waals surface area contributed by atoms with Gasteiger partial charge in [0, 0.05) is 0 Å². The predicted molar refractivity (Wildman–Crippen MR) is 140 cm³/mol. The van der Waals surface area contributed by atoms with E-state index in [4.69, 9.17) is 13.9 Å². The van der Waals surface area contributed by atoms with Crippen molar-refractivity contribution in [3.63, 3.8) is 0 Å². The Morgan fingerprint density at radius 3 is 1.86 bits per heavy atom. The van der Waals surface area contributed by atoms with E-state index in [1.54, 1.807) is 26.8 Å². The highest BCUT2D eigenvalue weighted by Crippen LogP contribution is 2.37. The summed E-state index contributed by atoms with van der Waals surface area (Å²) in [6.07, 6.45) is 1.62. The third kappa shape index (κ3) is 5.68. The molecule has 0 fully saturated rings. The standard InChI is InChI=1S/C28H37NO5Si/c1-27(2,3)34-26(31)29-21(18-19-24(29)25(30)32-7)20-33-35(28(4,5)6,22-14-10-8-11-15-22)23-16-12-9-13-17-23/h8-17,19,21H,18,20H2,1-7H3/t21-/m0/s1. The molecule has 2 aromatic carbocycles. The molecular formula is C28H37NO5Si. The quantitative estimate of drug-likeness (QED) is 0.432. The molecule has 0 N–H and O–H groups in total. The molecule has 2 aromatic rings. The molecule has 1 aliphatic rings. The first-order valence-corrected chi connectivity index (χ1v) is 13.9. The number of benzene rings is 2. The number of carbonyl (C=O) groups is 2. The van der Waals surface area contributed by atoms with E-state index in [1.165, 1.54) is 12.0 Å². The van der Waals surface area contributed by atoms with Gasteiger partial charge in [-0.2, -0.15) is 0 Å². The van der Waals surface area contributed by atoms with Crippen molar-refractivity contribution in [3.05, 3.63) is 72.4 Å². The zero-order valence-electron chi connectivity index (χ0n) is 21.8. The predicted octanol–water partition coefficient (Wildman–Crippen LogP) is 4.63. The summed E-state index contributed by atoms with van der Waals surface area (Å²) in [5.74, 6) is -0.566. The molecule has 0 unspecified atom stereocenters. The number of amides is 1. The highest BCUT2D eigenvalue weighted by atomic mass is 28.4. The van der Waals surface area contributed by atoms with Crippen LogP contribution < -0.4 is 10.4 Å². The van der Waals surface area contributed by atoms with Crippen molar-refractivity contribution in [1.82, 2.24) is 4.90 Å². The zero-order valence-corrected chi connectivity index (χ0v) is 22.8. The molecule has 1 amide bonds. The smallest absolute Gasteiger partial charge is 0.415 e. The zero-order chi connectivity index (χ0) is 25.9. The normalized spacial score (nSPS) is 16.6. The van der Waals surface area contributed by atoms with Crippen molar-refractivity contribution in [2.24, 2.45) is 0 Å². The molecule has 35 heavy (non-hydrogen) atoms. The van der Waals surface area contributed by atoms with Gasteiger partial charge < -0.3 is 13.9 Å². The van der Waals surface area contributed by atoms with Gasteiger partial charge in [-0.25, -0.2) is 9.59 Å². The van der Waals surface area contributed by atoms with Crippen molar-refractivity contribution in [2.75, 3.05) is 13.7 Å². The average Bonchev–Trinajstić information content (AvgIpc) is 3.22. The number of rotatable bonds is 6. The molecular weight excluding hydrogens is 458 g/mol. The first-order valence-electron chi connectivity index (χ1n) is 12.0. The van der Waals surface area contributed by atoms with Gasteiger partial charge in [-0.3, -0.25) is 4.90 Å². The van der Waals surface area contributed by atoms with E-state index in [0.29, 0.717) is 6.42 Å². The highest BCUT2D eigenvalue weighted by molar-refractivity contribution is 6.99. The van der Waals surface area contributed by atoms with Crippen LogP contribution in [-0.2, 0) is 18.7 Å². The maximum Gasteiger partial charge on any atom is 0.415 e. The Hall–Kier alpha value is -2.90. The van der Waals surface area contributed by atoms with Crippen LogP contribution in [0.25, 0.3) is 0 Å². The number of ether oxygens (including phenoxy) is 2. The Labute approximate surface area is 210 Å². The molecule has 1 aliphatic heterocycles. The lowest BCUT2D eigenvalue weighted by Gasteiger charge is -2.44. The van der Waals surface area contributed by atoms with E-state index in [-0.39, 0.29) is 23.4 Å². The second kappa shape index (κ2) is 10.4. The second-order valence-electron chi connectivity index (χ2n) is 10.8. The van der Waals surface area contributed by atoms with E-state index < -0.39 is 26.0 Å². The Morgan fingerprint density at radius 1 is 0.914 bits per heavy atom. The van der Waals surface area contributed by atoms with Gasteiger partial charge in [0.15, 0.2) is 0 Å². The van der Waals surface area contributed by atoms with Gasteiger partial charge in [-0.1, -0.05) is 87.5 Å². The summed E-state index contributed by atoms with van der Waals surface area (Å²) < 4.78 is 17.6. The van der Waals surface area contributed by atoms with Crippen molar-refractivity contribution >= 4 is 30.8 Å². The Balaban J connectivity index is 2.01. The highest BCUT2D eigenvalue weighted by Gasteiger charge is 2.51. The minimum atomic E-state index is -2.80. The van der Waals surface area contributed by atoms with Crippen LogP contribution in [0.15, 0.2) is 72.4 Å². The number of hydrogen-bond donors (Lipinski definition) is 0. The lowest BCUT2D eigenvalue weighted by Crippen LogP contribution is -2.67. The molecule has 6 nitrogen and oxygen atoms in total. The fraction of sp³-hybridized carbons (Fsp3) is 0.429. The van der Waals surface area contributed by atoms with Crippen LogP contribution in [0.1, 0.15) is 48.0 Å². The third-order valence-electron chi connectivity index (χ3n) is 6.10. The molecule has 0 aromatic heterocycles. The van der Waals surface area contributed by atoms with Crippen molar-refractivity contribution in [2.45, 2.75) is 64.6 Å². The maximum absolute atomic E-state index is 13.2. The van der Waals surface area contributed by atoms with Crippen LogP contribution in [0.3, 0.4) is 0 Å². The largest absolute Gasteiger partial charge is 0.464 e. The Kier molecular flexibility index (Phi) is 7.92. The first kappa shape index (κ1) is 26.7. The van der Waals surface area contributed by atoms with Crippen LogP contribution in [0, 0.1) is 0 Å². The van der Waals surface area contributed by atoms with Gasteiger partial charge in [0.25, 0.3) is 8.32 Å². The summed E-state index contributed by atoms with van der Waals surface area (Å²) in [7, 11) is -1.50. The minimum Gasteiger partial charge on any atom is -0.464 e. The van der Waals surface area contributed by atoms with Gasteiger partial charge in [0.1, 0.15) is 11.3 Å². The van der Waals surface area contributed by atoms with Gasteiger partial charge in [0.2, 0.25) is 0 Å². The number of carbonyl (C=O) groups excluding carboxylic acids is 2. The molecule has 0 radical (unpaired) electrons. The van der Waals surface area contributed by atoms with E-state index >= 15 is 0 Å². The van der Waals surface area contributed by atoms with Crippen molar-refractivity contribution in [1.29, 1.82) is 0 Å². The van der Waals surface area contributed by atoms with Crippen molar-refractivity contribution in [3.8, 4) is 0 Å². The molecule has 188 valence electrons. The van der Waals surface area contributed by atoms with E-state index in [9.17, 15) is 9.59 Å². The molecule has 7 heteroatoms. The van der Waals surface area contributed by atoms with E-state index in [1.807, 2.05) is 36.4 Å². The van der Waals surface area contributed by atoms with E-state index in [0.717, 1.165) is 10.4 Å². The second-order valence-corrected chi connectivity index (χ2v) is 15.1. The molecule has 0 saturated carbocycles. The Morgan fingerprint density at radius 2 is 1.43 bits per heavy atom. The first-order chi connectivity index (χ1) is 16.4. The average molecular weight is 496 g/mol. The van der Waals surface area contributed by atoms with Gasteiger partial charge in [-0.05, 0) is 42.6 Å². The maximum atomic E-state index is 13.2. The fourth-order valence-corrected chi connectivity index (χ4v) is 9.22. The third-order valence-corrected chi connectivity index (χ3v) is 11.1. The van der Waals surface area contributed by atoms with Gasteiger partial charge in [0.05, 0.1) is 19.8 Å². The molecule has 0 spiro atoms. The number of methoxy groups -OCH3 is 1. The summed E-state index contributed by atoms with van der Waals surface area (Å²) >= 11 is 0. The minimum absolute atomic E-state index is 0.192. The van der Waals surface area contributed by atoms with Gasteiger partial charge in [-0.15, -0.1) is 0 Å². The van der Waals surface area contributed by atoms with Gasteiger partial charge >= 0.3 is 12.1 Å².